The number of hydrogen-bond donors (Lipinski definition) is 3. The molecule has 0 radical (unpaired) electrons. The molecule has 7 heteroatoms. The van der Waals surface area contributed by atoms with Crippen LogP contribution in [0.1, 0.15) is 25.7 Å². The van der Waals surface area contributed by atoms with Crippen molar-refractivity contribution >= 4 is 11.6 Å². The monoisotopic (exact) mass is 283 g/mol. The van der Waals surface area contributed by atoms with Gasteiger partial charge in [0.2, 0.25) is 0 Å². The van der Waals surface area contributed by atoms with Crippen LogP contribution in [0.4, 0.5) is 20.4 Å². The minimum Gasteiger partial charge on any atom is -0.363 e. The number of rotatable bonds is 3. The number of hydrogen-bond acceptors (Lipinski definition) is 5. The summed E-state index contributed by atoms with van der Waals surface area (Å²) in [6.45, 7) is 2.13. The Morgan fingerprint density at radius 2 is 1.95 bits per heavy atom. The van der Waals surface area contributed by atoms with Crippen molar-refractivity contribution in [2.45, 2.75) is 37.8 Å². The van der Waals surface area contributed by atoms with Gasteiger partial charge in [0.1, 0.15) is 0 Å². The van der Waals surface area contributed by atoms with Gasteiger partial charge < -0.3 is 10.7 Å². The fourth-order valence-electron chi connectivity index (χ4n) is 3.26. The average molecular weight is 283 g/mol. The lowest BCUT2D eigenvalue weighted by atomic mass is 9.99. The van der Waals surface area contributed by atoms with Crippen LogP contribution < -0.4 is 16.6 Å². The molecule has 4 N–H and O–H groups in total. The van der Waals surface area contributed by atoms with Crippen molar-refractivity contribution in [1.29, 1.82) is 0 Å². The number of pyridine rings is 1. The van der Waals surface area contributed by atoms with Crippen molar-refractivity contribution in [2.75, 3.05) is 23.8 Å². The number of anilines is 2. The number of aromatic nitrogens is 1. The molecule has 0 aromatic carbocycles. The molecule has 2 fully saturated rings. The van der Waals surface area contributed by atoms with Gasteiger partial charge in [0.05, 0.1) is 0 Å². The van der Waals surface area contributed by atoms with Gasteiger partial charge in [-0.3, -0.25) is 4.90 Å². The summed E-state index contributed by atoms with van der Waals surface area (Å²) in [5.41, 5.74) is 2.14. The summed E-state index contributed by atoms with van der Waals surface area (Å²) in [7, 11) is 0. The molecule has 1 aromatic heterocycles. The lowest BCUT2D eigenvalue weighted by molar-refractivity contribution is 0.192. The van der Waals surface area contributed by atoms with Crippen LogP contribution in [0.2, 0.25) is 0 Å². The van der Waals surface area contributed by atoms with Crippen LogP contribution in [0.3, 0.4) is 0 Å². The van der Waals surface area contributed by atoms with E-state index in [1.807, 2.05) is 0 Å². The smallest absolute Gasteiger partial charge is 0.178 e. The van der Waals surface area contributed by atoms with Gasteiger partial charge >= 0.3 is 0 Å². The van der Waals surface area contributed by atoms with Gasteiger partial charge in [0.15, 0.2) is 23.3 Å². The summed E-state index contributed by atoms with van der Waals surface area (Å²) in [5, 5.41) is 3.12. The van der Waals surface area contributed by atoms with E-state index < -0.39 is 11.6 Å². The molecule has 3 rings (SSSR count). The molecule has 0 saturated carbocycles. The highest BCUT2D eigenvalue weighted by atomic mass is 19.1. The average Bonchev–Trinajstić information content (AvgIpc) is 2.85. The van der Waals surface area contributed by atoms with Crippen molar-refractivity contribution in [3.05, 3.63) is 17.7 Å². The standard InChI is InChI=1S/C13H19F2N5/c14-8-7-9(15)13(19-16)18-12(8)17-10-4-6-20-5-2-1-3-11(10)20/h7,10-11H,1-6,16H2,(H2,17,18,19). The summed E-state index contributed by atoms with van der Waals surface area (Å²) in [6, 6.07) is 1.38. The molecule has 1 aromatic rings. The van der Waals surface area contributed by atoms with Crippen LogP contribution >= 0.6 is 0 Å². The molecular weight excluding hydrogens is 264 g/mol. The maximum Gasteiger partial charge on any atom is 0.178 e. The van der Waals surface area contributed by atoms with Gasteiger partial charge in [-0.2, -0.15) is 0 Å². The third kappa shape index (κ3) is 2.43. The Hall–Kier alpha value is -1.47. The van der Waals surface area contributed by atoms with Crippen molar-refractivity contribution < 1.29 is 8.78 Å². The van der Waals surface area contributed by atoms with E-state index in [1.54, 1.807) is 0 Å². The second-order valence-corrected chi connectivity index (χ2v) is 5.43. The normalized spacial score (nSPS) is 26.4. The number of hydrazine groups is 1. The second kappa shape index (κ2) is 5.49. The number of fused-ring (bicyclic) bond motifs is 1. The second-order valence-electron chi connectivity index (χ2n) is 5.43. The Kier molecular flexibility index (Phi) is 3.71. The van der Waals surface area contributed by atoms with E-state index in [2.05, 4.69) is 20.6 Å². The van der Waals surface area contributed by atoms with Crippen molar-refractivity contribution in [2.24, 2.45) is 5.84 Å². The Bertz CT molecular complexity index is 496. The first-order valence-electron chi connectivity index (χ1n) is 7.02. The first kappa shape index (κ1) is 13.5. The maximum absolute atomic E-state index is 13.8. The predicted molar refractivity (Wildman–Crippen MR) is 73.2 cm³/mol. The SMILES string of the molecule is NNc1nc(NC2CCN3CCCCC23)c(F)cc1F. The van der Waals surface area contributed by atoms with Crippen molar-refractivity contribution in [3.63, 3.8) is 0 Å². The number of nitrogen functional groups attached to an aromatic ring is 1. The van der Waals surface area contributed by atoms with Gasteiger partial charge in [-0.05, 0) is 25.8 Å². The number of nitrogens with one attached hydrogen (secondary N) is 2. The molecule has 110 valence electrons. The third-order valence-corrected chi connectivity index (χ3v) is 4.24. The fourth-order valence-corrected chi connectivity index (χ4v) is 3.26. The molecule has 0 amide bonds. The summed E-state index contributed by atoms with van der Waals surface area (Å²) < 4.78 is 27.1. The zero-order chi connectivity index (χ0) is 14.1. The summed E-state index contributed by atoms with van der Waals surface area (Å²) in [4.78, 5) is 6.31. The van der Waals surface area contributed by atoms with Crippen molar-refractivity contribution in [3.8, 4) is 0 Å². The molecule has 3 heterocycles. The first-order chi connectivity index (χ1) is 9.69. The number of nitrogens with two attached hydrogens (primary N) is 1. The maximum atomic E-state index is 13.8. The minimum absolute atomic E-state index is 0.0665. The third-order valence-electron chi connectivity index (χ3n) is 4.24. The number of halogens is 2. The van der Waals surface area contributed by atoms with Gasteiger partial charge in [-0.25, -0.2) is 19.6 Å². The molecule has 0 aliphatic carbocycles. The summed E-state index contributed by atoms with van der Waals surface area (Å²) >= 11 is 0. The van der Waals surface area contributed by atoms with Crippen LogP contribution in [0, 0.1) is 11.6 Å². The van der Waals surface area contributed by atoms with Crippen LogP contribution in [0.25, 0.3) is 0 Å². The van der Waals surface area contributed by atoms with E-state index in [9.17, 15) is 8.78 Å². The molecule has 2 aliphatic heterocycles. The largest absolute Gasteiger partial charge is 0.363 e. The molecule has 2 aliphatic rings. The molecule has 2 unspecified atom stereocenters. The lowest BCUT2D eigenvalue weighted by Gasteiger charge is -2.32. The summed E-state index contributed by atoms with van der Waals surface area (Å²) in [5.74, 6) is 3.62. The molecule has 20 heavy (non-hydrogen) atoms. The van der Waals surface area contributed by atoms with E-state index in [1.165, 1.54) is 12.8 Å². The zero-order valence-corrected chi connectivity index (χ0v) is 11.2. The van der Waals surface area contributed by atoms with Crippen LogP contribution in [0.15, 0.2) is 6.07 Å². The predicted octanol–water partition coefficient (Wildman–Crippen LogP) is 1.68. The van der Waals surface area contributed by atoms with Gasteiger partial charge in [0.25, 0.3) is 0 Å². The van der Waals surface area contributed by atoms with E-state index in [4.69, 9.17) is 5.84 Å². The molecule has 0 bridgehead atoms. The van der Waals surface area contributed by atoms with Crippen molar-refractivity contribution in [1.82, 2.24) is 9.88 Å². The van der Waals surface area contributed by atoms with Gasteiger partial charge in [0, 0.05) is 24.7 Å². The number of piperidine rings is 1. The van der Waals surface area contributed by atoms with E-state index in [0.29, 0.717) is 6.04 Å². The lowest BCUT2D eigenvalue weighted by Crippen LogP contribution is -2.42. The Labute approximate surface area is 116 Å². The Morgan fingerprint density at radius 3 is 2.75 bits per heavy atom. The molecule has 2 saturated heterocycles. The summed E-state index contributed by atoms with van der Waals surface area (Å²) in [6.07, 6.45) is 4.50. The van der Waals surface area contributed by atoms with Gasteiger partial charge in [-0.1, -0.05) is 6.42 Å². The number of nitrogens with zero attached hydrogens (tertiary/aromatic N) is 2. The zero-order valence-electron chi connectivity index (χ0n) is 11.2. The topological polar surface area (TPSA) is 66.2 Å². The van der Waals surface area contributed by atoms with Crippen LogP contribution in [-0.2, 0) is 0 Å². The first-order valence-corrected chi connectivity index (χ1v) is 7.02. The van der Waals surface area contributed by atoms with Crippen LogP contribution in [0.5, 0.6) is 0 Å². The van der Waals surface area contributed by atoms with Gasteiger partial charge in [-0.15, -0.1) is 0 Å². The highest BCUT2D eigenvalue weighted by molar-refractivity contribution is 5.47. The molecular formula is C13H19F2N5. The van der Waals surface area contributed by atoms with E-state index in [0.717, 1.165) is 32.0 Å². The molecule has 0 spiro atoms. The van der Waals surface area contributed by atoms with E-state index >= 15 is 0 Å². The highest BCUT2D eigenvalue weighted by Crippen LogP contribution is 2.30. The molecule has 5 nitrogen and oxygen atoms in total. The van der Waals surface area contributed by atoms with E-state index in [-0.39, 0.29) is 17.7 Å². The molecule has 2 atom stereocenters. The minimum atomic E-state index is -0.790. The Morgan fingerprint density at radius 1 is 1.15 bits per heavy atom. The quantitative estimate of drug-likeness (QED) is 0.582. The van der Waals surface area contributed by atoms with Crippen LogP contribution in [-0.4, -0.2) is 35.1 Å². The Balaban J connectivity index is 1.77. The fraction of sp³-hybridized carbons (Fsp3) is 0.615. The highest BCUT2D eigenvalue weighted by Gasteiger charge is 2.36.